The van der Waals surface area contributed by atoms with Gasteiger partial charge in [-0.3, -0.25) is 4.79 Å². The van der Waals surface area contributed by atoms with Gasteiger partial charge in [-0.1, -0.05) is 0 Å². The number of rotatable bonds is 3. The molecule has 0 saturated carbocycles. The van der Waals surface area contributed by atoms with Crippen LogP contribution in [0.4, 0.5) is 8.78 Å². The summed E-state index contributed by atoms with van der Waals surface area (Å²) in [5.74, 6) is -2.64. The predicted molar refractivity (Wildman–Crippen MR) is 80.0 cm³/mol. The van der Waals surface area contributed by atoms with Crippen molar-refractivity contribution < 1.29 is 18.3 Å². The lowest BCUT2D eigenvalue weighted by Crippen LogP contribution is -2.45. The van der Waals surface area contributed by atoms with Crippen LogP contribution in [0.5, 0.6) is 5.75 Å². The molecule has 0 N–H and O–H groups in total. The molecule has 21 heavy (non-hydrogen) atoms. The van der Waals surface area contributed by atoms with Crippen LogP contribution in [0.3, 0.4) is 0 Å². The summed E-state index contributed by atoms with van der Waals surface area (Å²) in [7, 11) is 0. The Morgan fingerprint density at radius 3 is 2.76 bits per heavy atom. The summed E-state index contributed by atoms with van der Waals surface area (Å²) in [6.45, 7) is 3.60. The zero-order valence-electron chi connectivity index (χ0n) is 12.0. The van der Waals surface area contributed by atoms with Gasteiger partial charge in [0.05, 0.1) is 18.2 Å². The Morgan fingerprint density at radius 1 is 1.43 bits per heavy atom. The second-order valence-corrected chi connectivity index (χ2v) is 6.35. The van der Waals surface area contributed by atoms with Crippen LogP contribution < -0.4 is 4.74 Å². The molecule has 1 fully saturated rings. The third-order valence-electron chi connectivity index (χ3n) is 3.22. The van der Waals surface area contributed by atoms with Gasteiger partial charge in [0.25, 0.3) is 11.8 Å². The summed E-state index contributed by atoms with van der Waals surface area (Å²) < 4.78 is 33.0. The van der Waals surface area contributed by atoms with E-state index < -0.39 is 18.4 Å². The molecule has 6 heteroatoms. The number of carbonyl (C=O) groups is 1. The van der Waals surface area contributed by atoms with E-state index in [1.807, 2.05) is 13.8 Å². The number of alkyl halides is 2. The molecule has 1 aromatic rings. The molecule has 1 aliphatic heterocycles. The van der Waals surface area contributed by atoms with Crippen LogP contribution in [0.2, 0.25) is 0 Å². The third kappa shape index (κ3) is 4.15. The fourth-order valence-corrected chi connectivity index (χ4v) is 2.74. The summed E-state index contributed by atoms with van der Waals surface area (Å²) in [6.07, 6.45) is 0.140. The number of hydrogen-bond acceptors (Lipinski definition) is 2. The van der Waals surface area contributed by atoms with E-state index in [0.29, 0.717) is 28.8 Å². The minimum absolute atomic E-state index is 0.0200. The Labute approximate surface area is 131 Å². The number of ether oxygens (including phenoxy) is 1. The van der Waals surface area contributed by atoms with E-state index in [2.05, 4.69) is 15.9 Å². The van der Waals surface area contributed by atoms with Crippen LogP contribution in [0.15, 0.2) is 22.7 Å². The summed E-state index contributed by atoms with van der Waals surface area (Å²) in [5, 5.41) is 0. The van der Waals surface area contributed by atoms with Crippen molar-refractivity contribution in [2.24, 2.45) is 0 Å². The molecule has 1 saturated heterocycles. The summed E-state index contributed by atoms with van der Waals surface area (Å²) in [6, 6.07) is 5.04. The molecule has 0 unspecified atom stereocenters. The number of halogens is 3. The highest BCUT2D eigenvalue weighted by molar-refractivity contribution is 9.10. The van der Waals surface area contributed by atoms with Crippen molar-refractivity contribution in [2.45, 2.75) is 38.7 Å². The molecule has 1 amide bonds. The number of benzene rings is 1. The van der Waals surface area contributed by atoms with Crippen LogP contribution >= 0.6 is 15.9 Å². The number of likely N-dealkylation sites (tertiary alicyclic amines) is 1. The monoisotopic (exact) mass is 361 g/mol. The standard InChI is InChI=1S/C15H18BrF2NO2/c1-10(2)21-11-4-5-13(16)12(8-11)14(20)19-7-3-6-15(17,18)9-19/h4-5,8,10H,3,6-7,9H2,1-2H3. The fourth-order valence-electron chi connectivity index (χ4n) is 2.32. The van der Waals surface area contributed by atoms with Crippen molar-refractivity contribution >= 4 is 21.8 Å². The first-order chi connectivity index (χ1) is 9.78. The SMILES string of the molecule is CC(C)Oc1ccc(Br)c(C(=O)N2CCCC(F)(F)C2)c1. The van der Waals surface area contributed by atoms with Crippen molar-refractivity contribution in [1.82, 2.24) is 4.90 Å². The lowest BCUT2D eigenvalue weighted by molar-refractivity contribution is -0.0560. The Balaban J connectivity index is 2.22. The van der Waals surface area contributed by atoms with Gasteiger partial charge in [0.1, 0.15) is 5.75 Å². The minimum Gasteiger partial charge on any atom is -0.491 e. The molecular formula is C15H18BrF2NO2. The Hall–Kier alpha value is -1.17. The first-order valence-corrected chi connectivity index (χ1v) is 7.71. The van der Waals surface area contributed by atoms with Crippen molar-refractivity contribution in [3.05, 3.63) is 28.2 Å². The summed E-state index contributed by atoms with van der Waals surface area (Å²) in [5.41, 5.74) is 0.353. The molecule has 1 aliphatic rings. The molecule has 3 nitrogen and oxygen atoms in total. The largest absolute Gasteiger partial charge is 0.491 e. The van der Waals surface area contributed by atoms with Crippen LogP contribution in [-0.2, 0) is 0 Å². The van der Waals surface area contributed by atoms with Crippen LogP contribution in [0.25, 0.3) is 0 Å². The molecule has 0 aromatic heterocycles. The van der Waals surface area contributed by atoms with Gasteiger partial charge >= 0.3 is 0 Å². The highest BCUT2D eigenvalue weighted by atomic mass is 79.9. The highest BCUT2D eigenvalue weighted by Gasteiger charge is 2.37. The molecule has 116 valence electrons. The first-order valence-electron chi connectivity index (χ1n) is 6.92. The van der Waals surface area contributed by atoms with Crippen molar-refractivity contribution in [1.29, 1.82) is 0 Å². The van der Waals surface area contributed by atoms with Gasteiger partial charge in [-0.05, 0) is 54.4 Å². The van der Waals surface area contributed by atoms with Crippen molar-refractivity contribution in [3.8, 4) is 5.75 Å². The second-order valence-electron chi connectivity index (χ2n) is 5.49. The van der Waals surface area contributed by atoms with Crippen molar-refractivity contribution in [3.63, 3.8) is 0 Å². The number of piperidine rings is 1. The molecule has 0 spiro atoms. The van der Waals surface area contributed by atoms with Gasteiger partial charge in [0, 0.05) is 17.4 Å². The van der Waals surface area contributed by atoms with E-state index in [9.17, 15) is 13.6 Å². The van der Waals surface area contributed by atoms with Gasteiger partial charge in [-0.2, -0.15) is 0 Å². The van der Waals surface area contributed by atoms with E-state index in [0.717, 1.165) is 0 Å². The zero-order valence-corrected chi connectivity index (χ0v) is 13.6. The van der Waals surface area contributed by atoms with E-state index in [1.165, 1.54) is 4.90 Å². The molecule has 0 bridgehead atoms. The minimum atomic E-state index is -2.80. The maximum atomic E-state index is 13.5. The molecular weight excluding hydrogens is 344 g/mol. The van der Waals surface area contributed by atoms with Gasteiger partial charge in [-0.15, -0.1) is 0 Å². The Kier molecular flexibility index (Phi) is 4.86. The highest BCUT2D eigenvalue weighted by Crippen LogP contribution is 2.30. The first kappa shape index (κ1) is 16.2. The number of amides is 1. The number of carbonyl (C=O) groups excluding carboxylic acids is 1. The van der Waals surface area contributed by atoms with Gasteiger partial charge in [-0.25, -0.2) is 8.78 Å². The quantitative estimate of drug-likeness (QED) is 0.810. The maximum Gasteiger partial charge on any atom is 0.265 e. The lowest BCUT2D eigenvalue weighted by Gasteiger charge is -2.32. The van der Waals surface area contributed by atoms with Gasteiger partial charge in [0.2, 0.25) is 0 Å². The van der Waals surface area contributed by atoms with Crippen LogP contribution in [-0.4, -0.2) is 35.9 Å². The van der Waals surface area contributed by atoms with E-state index in [1.54, 1.807) is 18.2 Å². The average Bonchev–Trinajstić information content (AvgIpc) is 2.38. The molecule has 0 radical (unpaired) electrons. The van der Waals surface area contributed by atoms with Crippen LogP contribution in [0.1, 0.15) is 37.0 Å². The third-order valence-corrected chi connectivity index (χ3v) is 3.91. The Bertz CT molecular complexity index is 534. The molecule has 0 aliphatic carbocycles. The summed E-state index contributed by atoms with van der Waals surface area (Å²) >= 11 is 3.30. The fraction of sp³-hybridized carbons (Fsp3) is 0.533. The van der Waals surface area contributed by atoms with E-state index in [4.69, 9.17) is 4.74 Å². The molecule has 2 rings (SSSR count). The zero-order chi connectivity index (χ0) is 15.6. The van der Waals surface area contributed by atoms with Crippen molar-refractivity contribution in [2.75, 3.05) is 13.1 Å². The normalized spacial score (nSPS) is 17.9. The van der Waals surface area contributed by atoms with E-state index in [-0.39, 0.29) is 12.5 Å². The second kappa shape index (κ2) is 6.30. The summed E-state index contributed by atoms with van der Waals surface area (Å²) in [4.78, 5) is 13.7. The maximum absolute atomic E-state index is 13.5. The number of nitrogens with zero attached hydrogens (tertiary/aromatic N) is 1. The van der Waals surface area contributed by atoms with Gasteiger partial charge < -0.3 is 9.64 Å². The van der Waals surface area contributed by atoms with Crippen LogP contribution in [0, 0.1) is 0 Å². The molecule has 0 atom stereocenters. The topological polar surface area (TPSA) is 29.5 Å². The predicted octanol–water partition coefficient (Wildman–Crippen LogP) is 4.11. The Morgan fingerprint density at radius 2 is 2.14 bits per heavy atom. The average molecular weight is 362 g/mol. The van der Waals surface area contributed by atoms with E-state index >= 15 is 0 Å². The molecule has 1 aromatic carbocycles. The molecule has 1 heterocycles. The number of hydrogen-bond donors (Lipinski definition) is 0. The lowest BCUT2D eigenvalue weighted by atomic mass is 10.1. The smallest absolute Gasteiger partial charge is 0.265 e. The van der Waals surface area contributed by atoms with Gasteiger partial charge in [0.15, 0.2) is 0 Å².